The third kappa shape index (κ3) is 6.07. The molecule has 4 amide bonds. The van der Waals surface area contributed by atoms with Gasteiger partial charge in [0.25, 0.3) is 5.91 Å². The molecule has 1 heterocycles. The van der Waals surface area contributed by atoms with Crippen molar-refractivity contribution < 1.29 is 14.4 Å². The highest BCUT2D eigenvalue weighted by Gasteiger charge is 2.29. The van der Waals surface area contributed by atoms with Crippen molar-refractivity contribution in [2.45, 2.75) is 31.7 Å². The largest absolute Gasteiger partial charge is 0.333 e. The number of carbonyl (C=O) groups is 3. The summed E-state index contributed by atoms with van der Waals surface area (Å²) in [5.41, 5.74) is 8.74. The number of hydrogen-bond acceptors (Lipinski definition) is 4. The number of nitrogens with zero attached hydrogens (tertiary/aromatic N) is 2. The summed E-state index contributed by atoms with van der Waals surface area (Å²) in [5.74, 6) is -0.468. The molecule has 0 saturated carbocycles. The smallest absolute Gasteiger partial charge is 0.320 e. The topological polar surface area (TPSA) is 95.7 Å². The summed E-state index contributed by atoms with van der Waals surface area (Å²) in [4.78, 5) is 41.8. The van der Waals surface area contributed by atoms with E-state index in [1.54, 1.807) is 53.4 Å². The van der Waals surface area contributed by atoms with Crippen LogP contribution in [0, 0.1) is 0 Å². The molecule has 1 unspecified atom stereocenters. The Labute approximate surface area is 209 Å². The van der Waals surface area contributed by atoms with Gasteiger partial charge in [-0.25, -0.2) is 9.69 Å². The fourth-order valence-electron chi connectivity index (χ4n) is 4.04. The van der Waals surface area contributed by atoms with Gasteiger partial charge < -0.3 is 16.0 Å². The van der Waals surface area contributed by atoms with Gasteiger partial charge in [-0.3, -0.25) is 9.59 Å². The van der Waals surface area contributed by atoms with Gasteiger partial charge in [0.15, 0.2) is 0 Å². The second-order valence-electron chi connectivity index (χ2n) is 8.43. The SMILES string of the molecule is NC(Cc1ccccc1)C(=O)N(C(=O)Nc1ccc(Cl)cc1)c1ccc(N2CCCCC2=O)cc1. The predicted molar refractivity (Wildman–Crippen MR) is 139 cm³/mol. The first kappa shape index (κ1) is 24.4. The zero-order chi connectivity index (χ0) is 24.8. The van der Waals surface area contributed by atoms with Crippen LogP contribution in [0.1, 0.15) is 24.8 Å². The molecule has 3 aromatic carbocycles. The quantitative estimate of drug-likeness (QED) is 0.508. The number of piperidine rings is 1. The van der Waals surface area contributed by atoms with Crippen LogP contribution in [0.2, 0.25) is 5.02 Å². The summed E-state index contributed by atoms with van der Waals surface area (Å²) in [6.45, 7) is 0.653. The molecule has 0 radical (unpaired) electrons. The Morgan fingerprint density at radius 1 is 0.971 bits per heavy atom. The Balaban J connectivity index is 1.59. The van der Waals surface area contributed by atoms with Gasteiger partial charge in [0.1, 0.15) is 0 Å². The maximum absolute atomic E-state index is 13.4. The lowest BCUT2D eigenvalue weighted by molar-refractivity contribution is -0.120. The van der Waals surface area contributed by atoms with Crippen molar-refractivity contribution in [2.24, 2.45) is 5.73 Å². The number of nitrogens with one attached hydrogen (secondary N) is 1. The van der Waals surface area contributed by atoms with Crippen molar-refractivity contribution in [1.82, 2.24) is 0 Å². The van der Waals surface area contributed by atoms with Crippen LogP contribution in [0.3, 0.4) is 0 Å². The first-order valence-electron chi connectivity index (χ1n) is 11.5. The van der Waals surface area contributed by atoms with E-state index in [1.165, 1.54) is 0 Å². The fourth-order valence-corrected chi connectivity index (χ4v) is 4.16. The summed E-state index contributed by atoms with van der Waals surface area (Å²) < 4.78 is 0. The number of carbonyl (C=O) groups excluding carboxylic acids is 3. The monoisotopic (exact) mass is 490 g/mol. The molecule has 0 bridgehead atoms. The Morgan fingerprint density at radius 3 is 2.31 bits per heavy atom. The first-order chi connectivity index (χ1) is 16.9. The molecule has 1 aliphatic rings. The van der Waals surface area contributed by atoms with E-state index in [0.717, 1.165) is 29.0 Å². The number of hydrogen-bond donors (Lipinski definition) is 2. The summed E-state index contributed by atoms with van der Waals surface area (Å²) >= 11 is 5.94. The van der Waals surface area contributed by atoms with Crippen molar-refractivity contribution >= 4 is 46.5 Å². The molecule has 1 atom stereocenters. The zero-order valence-electron chi connectivity index (χ0n) is 19.2. The lowest BCUT2D eigenvalue weighted by atomic mass is 10.1. The minimum Gasteiger partial charge on any atom is -0.320 e. The molecule has 3 aromatic rings. The summed E-state index contributed by atoms with van der Waals surface area (Å²) in [5, 5.41) is 3.27. The molecule has 0 aliphatic carbocycles. The molecule has 3 N–H and O–H groups in total. The molecule has 35 heavy (non-hydrogen) atoms. The number of nitrogens with two attached hydrogens (primary N) is 1. The maximum atomic E-state index is 13.4. The van der Waals surface area contributed by atoms with Crippen LogP contribution < -0.4 is 20.9 Å². The van der Waals surface area contributed by atoms with Crippen LogP contribution in [0.4, 0.5) is 21.9 Å². The van der Waals surface area contributed by atoms with E-state index >= 15 is 0 Å². The molecule has 8 heteroatoms. The molecule has 7 nitrogen and oxygen atoms in total. The molecule has 1 aliphatic heterocycles. The molecular formula is C27H27ClN4O3. The van der Waals surface area contributed by atoms with E-state index < -0.39 is 18.0 Å². The second kappa shape index (κ2) is 11.2. The van der Waals surface area contributed by atoms with Crippen LogP contribution in [0.5, 0.6) is 0 Å². The molecule has 180 valence electrons. The number of amides is 4. The third-order valence-corrected chi connectivity index (χ3v) is 6.13. The van der Waals surface area contributed by atoms with Gasteiger partial charge >= 0.3 is 6.03 Å². The third-order valence-electron chi connectivity index (χ3n) is 5.88. The highest BCUT2D eigenvalue weighted by molar-refractivity contribution is 6.30. The van der Waals surface area contributed by atoms with E-state index in [9.17, 15) is 14.4 Å². The number of imide groups is 1. The lowest BCUT2D eigenvalue weighted by Crippen LogP contribution is -2.49. The average Bonchev–Trinajstić information content (AvgIpc) is 2.87. The van der Waals surface area contributed by atoms with E-state index in [4.69, 9.17) is 17.3 Å². The predicted octanol–water partition coefficient (Wildman–Crippen LogP) is 4.99. The van der Waals surface area contributed by atoms with Gasteiger partial charge in [-0.1, -0.05) is 41.9 Å². The number of benzene rings is 3. The van der Waals surface area contributed by atoms with Gasteiger partial charge in [-0.2, -0.15) is 0 Å². The van der Waals surface area contributed by atoms with Gasteiger partial charge in [0.2, 0.25) is 5.91 Å². The minimum atomic E-state index is -0.934. The minimum absolute atomic E-state index is 0.0716. The number of rotatable bonds is 6. The van der Waals surface area contributed by atoms with E-state index in [2.05, 4.69) is 5.32 Å². The number of anilines is 3. The van der Waals surface area contributed by atoms with E-state index in [1.807, 2.05) is 30.3 Å². The van der Waals surface area contributed by atoms with E-state index in [-0.39, 0.29) is 12.3 Å². The lowest BCUT2D eigenvalue weighted by Gasteiger charge is -2.28. The normalized spacial score (nSPS) is 14.3. The van der Waals surface area contributed by atoms with E-state index in [0.29, 0.717) is 29.4 Å². The van der Waals surface area contributed by atoms with Crippen molar-refractivity contribution in [2.75, 3.05) is 21.7 Å². The Morgan fingerprint density at radius 2 is 1.66 bits per heavy atom. The molecule has 0 spiro atoms. The number of halogens is 1. The van der Waals surface area contributed by atoms with Crippen LogP contribution in [-0.2, 0) is 16.0 Å². The van der Waals surface area contributed by atoms with Crippen molar-refractivity contribution in [3.63, 3.8) is 0 Å². The molecule has 0 aromatic heterocycles. The second-order valence-corrected chi connectivity index (χ2v) is 8.86. The highest BCUT2D eigenvalue weighted by Crippen LogP contribution is 2.26. The van der Waals surface area contributed by atoms with Crippen LogP contribution >= 0.6 is 11.6 Å². The first-order valence-corrected chi connectivity index (χ1v) is 11.9. The average molecular weight is 491 g/mol. The Kier molecular flexibility index (Phi) is 7.80. The Hall–Kier alpha value is -3.68. The molecule has 1 fully saturated rings. The number of urea groups is 1. The zero-order valence-corrected chi connectivity index (χ0v) is 19.9. The summed E-state index contributed by atoms with van der Waals surface area (Å²) in [7, 11) is 0. The summed E-state index contributed by atoms with van der Waals surface area (Å²) in [6, 6.07) is 21.2. The van der Waals surface area contributed by atoms with Crippen LogP contribution in [0.15, 0.2) is 78.9 Å². The fraction of sp³-hybridized carbons (Fsp3) is 0.222. The molecular weight excluding hydrogens is 464 g/mol. The van der Waals surface area contributed by atoms with Gasteiger partial charge in [-0.15, -0.1) is 0 Å². The Bertz CT molecular complexity index is 1180. The van der Waals surface area contributed by atoms with Gasteiger partial charge in [0, 0.05) is 29.4 Å². The van der Waals surface area contributed by atoms with Crippen molar-refractivity contribution in [3.8, 4) is 0 Å². The van der Waals surface area contributed by atoms with Gasteiger partial charge in [0.05, 0.1) is 11.7 Å². The van der Waals surface area contributed by atoms with Crippen molar-refractivity contribution in [3.05, 3.63) is 89.4 Å². The highest BCUT2D eigenvalue weighted by atomic mass is 35.5. The van der Waals surface area contributed by atoms with Crippen LogP contribution in [0.25, 0.3) is 0 Å². The maximum Gasteiger partial charge on any atom is 0.333 e. The summed E-state index contributed by atoms with van der Waals surface area (Å²) in [6.07, 6.45) is 2.63. The standard InChI is InChI=1S/C27H27ClN4O3/c28-20-9-11-21(12-10-20)30-27(35)32(26(34)24(29)18-19-6-2-1-3-7-19)23-15-13-22(14-16-23)31-17-5-4-8-25(31)33/h1-3,6-7,9-16,24H,4-5,8,17-18,29H2,(H,30,35). The molecule has 1 saturated heterocycles. The van der Waals surface area contributed by atoms with Crippen LogP contribution in [-0.4, -0.2) is 30.4 Å². The van der Waals surface area contributed by atoms with Gasteiger partial charge in [-0.05, 0) is 73.4 Å². The van der Waals surface area contributed by atoms with Crippen molar-refractivity contribution in [1.29, 1.82) is 0 Å². The molecule has 4 rings (SSSR count).